The van der Waals surface area contributed by atoms with Crippen molar-refractivity contribution >= 4 is 5.97 Å². The van der Waals surface area contributed by atoms with Gasteiger partial charge in [0.15, 0.2) is 0 Å². The predicted molar refractivity (Wildman–Crippen MR) is 73.3 cm³/mol. The number of hydrogen-bond acceptors (Lipinski definition) is 5. The molecule has 2 aliphatic rings. The third kappa shape index (κ3) is 4.12. The van der Waals surface area contributed by atoms with Crippen LogP contribution in [0.25, 0.3) is 0 Å². The number of cyclic esters (lactones) is 1. The van der Waals surface area contributed by atoms with Crippen molar-refractivity contribution in [3.05, 3.63) is 12.2 Å². The van der Waals surface area contributed by atoms with Gasteiger partial charge < -0.3 is 19.7 Å². The van der Waals surface area contributed by atoms with Crippen molar-refractivity contribution < 1.29 is 24.5 Å². The Morgan fingerprint density at radius 2 is 2.10 bits per heavy atom. The van der Waals surface area contributed by atoms with E-state index in [1.54, 1.807) is 0 Å². The number of rotatable bonds is 4. The molecule has 108 valence electrons. The van der Waals surface area contributed by atoms with E-state index in [1.807, 2.05) is 0 Å². The van der Waals surface area contributed by atoms with Crippen LogP contribution in [-0.2, 0) is 14.3 Å². The molecular formula is C16H14O5. The van der Waals surface area contributed by atoms with E-state index >= 15 is 0 Å². The van der Waals surface area contributed by atoms with E-state index in [9.17, 15) is 15.0 Å². The van der Waals surface area contributed by atoms with E-state index in [0.717, 1.165) is 0 Å². The molecule has 2 aliphatic heterocycles. The fourth-order valence-electron chi connectivity index (χ4n) is 2.09. The molecule has 0 radical (unpaired) electrons. The van der Waals surface area contributed by atoms with Gasteiger partial charge in [-0.1, -0.05) is 5.92 Å². The molecule has 2 heterocycles. The maximum absolute atomic E-state index is 11.0. The molecule has 5 atom stereocenters. The highest BCUT2D eigenvalue weighted by Crippen LogP contribution is 2.33. The second-order valence-electron chi connectivity index (χ2n) is 4.64. The second-order valence-corrected chi connectivity index (χ2v) is 4.64. The zero-order chi connectivity index (χ0) is 15.2. The summed E-state index contributed by atoms with van der Waals surface area (Å²) in [4.78, 5) is 11.0. The first-order valence-electron chi connectivity index (χ1n) is 6.47. The third-order valence-electron chi connectivity index (χ3n) is 3.18. The molecule has 0 aromatic rings. The largest absolute Gasteiger partial charge is 0.459 e. The Hall–Kier alpha value is -2.23. The summed E-state index contributed by atoms with van der Waals surface area (Å²) in [5.74, 6) is 11.6. The molecule has 0 aromatic carbocycles. The lowest BCUT2D eigenvalue weighted by Crippen LogP contribution is -2.33. The number of epoxide rings is 1. The summed E-state index contributed by atoms with van der Waals surface area (Å²) in [5.41, 5.74) is 0. The highest BCUT2D eigenvalue weighted by atomic mass is 16.6. The summed E-state index contributed by atoms with van der Waals surface area (Å²) in [6.45, 7) is 0. The van der Waals surface area contributed by atoms with E-state index in [-0.39, 0.29) is 5.97 Å². The van der Waals surface area contributed by atoms with Crippen LogP contribution < -0.4 is 0 Å². The number of terminal acetylenes is 1. The van der Waals surface area contributed by atoms with E-state index in [2.05, 4.69) is 29.6 Å². The average Bonchev–Trinajstić information content (AvgIpc) is 3.16. The molecular weight excluding hydrogens is 272 g/mol. The van der Waals surface area contributed by atoms with Gasteiger partial charge in [0, 0.05) is 6.42 Å². The minimum Gasteiger partial charge on any atom is -0.459 e. The number of hydrogen-bond donors (Lipinski definition) is 2. The van der Waals surface area contributed by atoms with Crippen LogP contribution >= 0.6 is 0 Å². The molecule has 1 unspecified atom stereocenters. The zero-order valence-corrected chi connectivity index (χ0v) is 11.2. The lowest BCUT2D eigenvalue weighted by atomic mass is 10.0. The first-order chi connectivity index (χ1) is 10.1. The Labute approximate surface area is 122 Å². The van der Waals surface area contributed by atoms with E-state index < -0.39 is 30.5 Å². The van der Waals surface area contributed by atoms with Crippen LogP contribution in [0, 0.1) is 36.0 Å². The van der Waals surface area contributed by atoms with Crippen LogP contribution in [-0.4, -0.2) is 46.7 Å². The summed E-state index contributed by atoms with van der Waals surface area (Å²) < 4.78 is 10.2. The van der Waals surface area contributed by atoms with Gasteiger partial charge in [-0.05, 0) is 42.3 Å². The normalized spacial score (nSPS) is 29.4. The Bertz CT molecular complexity index is 592. The van der Waals surface area contributed by atoms with Gasteiger partial charge >= 0.3 is 5.97 Å². The Morgan fingerprint density at radius 3 is 2.76 bits per heavy atom. The molecule has 0 aromatic heterocycles. The molecule has 0 spiro atoms. The molecule has 5 nitrogen and oxygen atoms in total. The Morgan fingerprint density at radius 1 is 1.29 bits per heavy atom. The molecule has 0 saturated carbocycles. The van der Waals surface area contributed by atoms with Crippen molar-refractivity contribution in [2.45, 2.75) is 43.4 Å². The smallest absolute Gasteiger partial charge is 0.306 e. The molecule has 0 aliphatic carbocycles. The second kappa shape index (κ2) is 6.97. The van der Waals surface area contributed by atoms with Gasteiger partial charge in [-0.15, -0.1) is 6.42 Å². The summed E-state index contributed by atoms with van der Waals surface area (Å²) in [7, 11) is 0. The number of allylic oxidation sites excluding steroid dienone is 1. The number of aliphatic hydroxyl groups is 2. The summed E-state index contributed by atoms with van der Waals surface area (Å²) >= 11 is 0. The molecule has 0 bridgehead atoms. The van der Waals surface area contributed by atoms with Crippen molar-refractivity contribution in [3.63, 3.8) is 0 Å². The van der Waals surface area contributed by atoms with Crippen molar-refractivity contribution in [2.24, 2.45) is 0 Å². The third-order valence-corrected chi connectivity index (χ3v) is 3.18. The average molecular weight is 286 g/mol. The highest BCUT2D eigenvalue weighted by Gasteiger charge is 2.52. The topological polar surface area (TPSA) is 79.3 Å². The Balaban J connectivity index is 1.79. The first kappa shape index (κ1) is 15.2. The van der Waals surface area contributed by atoms with E-state index in [0.29, 0.717) is 12.8 Å². The fraction of sp³-hybridized carbons (Fsp3) is 0.438. The lowest BCUT2D eigenvalue weighted by molar-refractivity contribution is -0.145. The summed E-state index contributed by atoms with van der Waals surface area (Å²) in [5, 5.41) is 19.8. The predicted octanol–water partition coefficient (Wildman–Crippen LogP) is -0.623. The highest BCUT2D eigenvalue weighted by molar-refractivity contribution is 5.71. The molecule has 2 fully saturated rings. The van der Waals surface area contributed by atoms with Crippen LogP contribution in [0.3, 0.4) is 0 Å². The van der Waals surface area contributed by atoms with Crippen LogP contribution in [0.5, 0.6) is 0 Å². The van der Waals surface area contributed by atoms with Gasteiger partial charge in [0.05, 0.1) is 0 Å². The SMILES string of the molecule is C#CC#CC#C/C=C/[C@@H](O)[C@@H]1O[C@H]1C(O)[C@@H]1CCC(=O)O1. The van der Waals surface area contributed by atoms with Crippen molar-refractivity contribution in [3.8, 4) is 36.0 Å². The standard InChI is InChI=1S/C16H14O5/c1-2-3-4-5-6-7-8-11(17)15-16(21-15)14(19)12-9-10-13(18)20-12/h1,7-8,11-12,14-17,19H,9-10H2/b8-7+/t11-,12+,14?,15+,16+/m1/s1. The quantitative estimate of drug-likeness (QED) is 0.409. The van der Waals surface area contributed by atoms with Crippen molar-refractivity contribution in [1.29, 1.82) is 0 Å². The van der Waals surface area contributed by atoms with Crippen LogP contribution in [0.4, 0.5) is 0 Å². The van der Waals surface area contributed by atoms with Crippen LogP contribution in [0.15, 0.2) is 12.2 Å². The van der Waals surface area contributed by atoms with Gasteiger partial charge in [-0.3, -0.25) is 4.79 Å². The van der Waals surface area contributed by atoms with Gasteiger partial charge in [0.25, 0.3) is 0 Å². The van der Waals surface area contributed by atoms with Gasteiger partial charge in [0.2, 0.25) is 0 Å². The summed E-state index contributed by atoms with van der Waals surface area (Å²) in [6, 6.07) is 0. The van der Waals surface area contributed by atoms with E-state index in [1.165, 1.54) is 12.2 Å². The maximum atomic E-state index is 11.0. The molecule has 0 amide bonds. The van der Waals surface area contributed by atoms with Gasteiger partial charge in [-0.25, -0.2) is 0 Å². The first-order valence-corrected chi connectivity index (χ1v) is 6.47. The van der Waals surface area contributed by atoms with Gasteiger partial charge in [-0.2, -0.15) is 0 Å². The molecule has 2 saturated heterocycles. The lowest BCUT2D eigenvalue weighted by Gasteiger charge is -2.14. The van der Waals surface area contributed by atoms with Gasteiger partial charge in [0.1, 0.15) is 30.5 Å². The number of carbonyl (C=O) groups is 1. The van der Waals surface area contributed by atoms with Crippen molar-refractivity contribution in [2.75, 3.05) is 0 Å². The maximum Gasteiger partial charge on any atom is 0.306 e. The minimum absolute atomic E-state index is 0.301. The molecule has 21 heavy (non-hydrogen) atoms. The molecule has 2 rings (SSSR count). The fourth-order valence-corrected chi connectivity index (χ4v) is 2.09. The number of aliphatic hydroxyl groups excluding tert-OH is 2. The van der Waals surface area contributed by atoms with Crippen LogP contribution in [0.1, 0.15) is 12.8 Å². The Kier molecular flexibility index (Phi) is 5.04. The minimum atomic E-state index is -0.919. The molecule has 5 heteroatoms. The monoisotopic (exact) mass is 286 g/mol. The number of ether oxygens (including phenoxy) is 2. The zero-order valence-electron chi connectivity index (χ0n) is 11.2. The van der Waals surface area contributed by atoms with Crippen LogP contribution in [0.2, 0.25) is 0 Å². The van der Waals surface area contributed by atoms with E-state index in [4.69, 9.17) is 15.9 Å². The number of esters is 1. The summed E-state index contributed by atoms with van der Waals surface area (Å²) in [6.07, 6.45) is 5.17. The molecule has 2 N–H and O–H groups in total. The number of carbonyl (C=O) groups excluding carboxylic acids is 1. The van der Waals surface area contributed by atoms with Crippen molar-refractivity contribution in [1.82, 2.24) is 0 Å².